The molecule has 7 heteroatoms. The van der Waals surface area contributed by atoms with Crippen LogP contribution in [0.5, 0.6) is 5.75 Å². The second kappa shape index (κ2) is 5.15. The Bertz CT molecular complexity index is 720. The number of aromatic nitrogens is 1. The molecule has 0 unspecified atom stereocenters. The van der Waals surface area contributed by atoms with Crippen LogP contribution in [0.2, 0.25) is 0 Å². The van der Waals surface area contributed by atoms with Crippen LogP contribution in [0.25, 0.3) is 0 Å². The van der Waals surface area contributed by atoms with Crippen molar-refractivity contribution >= 4 is 15.7 Å². The number of sulfonamides is 1. The average molecular weight is 280 g/mol. The Kier molecular flexibility index (Phi) is 3.57. The first-order chi connectivity index (χ1) is 9.03. The predicted molar refractivity (Wildman–Crippen MR) is 70.9 cm³/mol. The van der Waals surface area contributed by atoms with Crippen LogP contribution in [0.1, 0.15) is 0 Å². The van der Waals surface area contributed by atoms with Gasteiger partial charge in [-0.25, -0.2) is 8.42 Å². The van der Waals surface area contributed by atoms with Crippen LogP contribution in [0.4, 0.5) is 5.69 Å². The number of aromatic amines is 1. The lowest BCUT2D eigenvalue weighted by Gasteiger charge is -2.07. The molecule has 0 saturated carbocycles. The van der Waals surface area contributed by atoms with Gasteiger partial charge in [0.2, 0.25) is 5.43 Å². The fourth-order valence-corrected chi connectivity index (χ4v) is 2.59. The summed E-state index contributed by atoms with van der Waals surface area (Å²) in [6.07, 6.45) is 2.52. The van der Waals surface area contributed by atoms with Crippen molar-refractivity contribution in [3.8, 4) is 5.75 Å². The smallest absolute Gasteiger partial charge is 0.267 e. The highest BCUT2D eigenvalue weighted by molar-refractivity contribution is 7.92. The molecule has 0 fully saturated rings. The minimum Gasteiger partial charge on any atom is -0.497 e. The Morgan fingerprint density at radius 3 is 2.42 bits per heavy atom. The molecule has 0 aliphatic carbocycles. The summed E-state index contributed by atoms with van der Waals surface area (Å²) in [5, 5.41) is 0. The third kappa shape index (κ3) is 2.94. The molecule has 0 amide bonds. The Balaban J connectivity index is 2.31. The average Bonchev–Trinajstić information content (AvgIpc) is 2.39. The molecule has 1 aromatic heterocycles. The number of nitrogens with one attached hydrogen (secondary N) is 2. The van der Waals surface area contributed by atoms with Gasteiger partial charge in [-0.05, 0) is 24.3 Å². The fourth-order valence-electron chi connectivity index (χ4n) is 1.48. The molecule has 2 aromatic rings. The van der Waals surface area contributed by atoms with E-state index >= 15 is 0 Å². The molecule has 0 radical (unpaired) electrons. The summed E-state index contributed by atoms with van der Waals surface area (Å²) >= 11 is 0. The quantitative estimate of drug-likeness (QED) is 0.880. The van der Waals surface area contributed by atoms with Crippen molar-refractivity contribution in [2.24, 2.45) is 0 Å². The molecule has 0 aliphatic heterocycles. The van der Waals surface area contributed by atoms with Crippen LogP contribution in [0.15, 0.2) is 52.4 Å². The summed E-state index contributed by atoms with van der Waals surface area (Å²) in [7, 11) is -2.38. The molecular weight excluding hydrogens is 268 g/mol. The molecule has 6 nitrogen and oxygen atoms in total. The summed E-state index contributed by atoms with van der Waals surface area (Å²) in [6.45, 7) is 0. The van der Waals surface area contributed by atoms with E-state index in [9.17, 15) is 13.2 Å². The van der Waals surface area contributed by atoms with Crippen molar-refractivity contribution in [3.05, 3.63) is 52.9 Å². The first-order valence-electron chi connectivity index (χ1n) is 5.37. The first-order valence-corrected chi connectivity index (χ1v) is 6.85. The second-order valence-corrected chi connectivity index (χ2v) is 5.36. The highest BCUT2D eigenvalue weighted by Gasteiger charge is 2.17. The maximum absolute atomic E-state index is 12.0. The van der Waals surface area contributed by atoms with E-state index < -0.39 is 15.5 Å². The lowest BCUT2D eigenvalue weighted by molar-refractivity contribution is 0.415. The number of benzene rings is 1. The summed E-state index contributed by atoms with van der Waals surface area (Å²) in [6, 6.07) is 7.49. The Morgan fingerprint density at radius 2 is 1.84 bits per heavy atom. The van der Waals surface area contributed by atoms with E-state index in [1.807, 2.05) is 0 Å². The van der Waals surface area contributed by atoms with Gasteiger partial charge in [0, 0.05) is 24.1 Å². The number of pyridine rings is 1. The van der Waals surface area contributed by atoms with Gasteiger partial charge in [0.25, 0.3) is 10.0 Å². The van der Waals surface area contributed by atoms with Crippen LogP contribution in [-0.4, -0.2) is 20.5 Å². The molecule has 2 N–H and O–H groups in total. The van der Waals surface area contributed by atoms with Crippen LogP contribution in [0.3, 0.4) is 0 Å². The molecule has 100 valence electrons. The monoisotopic (exact) mass is 280 g/mol. The highest BCUT2D eigenvalue weighted by atomic mass is 32.2. The molecule has 1 aromatic carbocycles. The second-order valence-electron chi connectivity index (χ2n) is 3.71. The zero-order valence-electron chi connectivity index (χ0n) is 10.1. The lowest BCUT2D eigenvalue weighted by atomic mass is 10.3. The normalized spacial score (nSPS) is 11.0. The van der Waals surface area contributed by atoms with Crippen LogP contribution in [0, 0.1) is 0 Å². The van der Waals surface area contributed by atoms with E-state index in [4.69, 9.17) is 4.74 Å². The maximum atomic E-state index is 12.0. The van der Waals surface area contributed by atoms with Gasteiger partial charge in [-0.15, -0.1) is 0 Å². The van der Waals surface area contributed by atoms with Gasteiger partial charge >= 0.3 is 0 Å². The molecule has 1 heterocycles. The topological polar surface area (TPSA) is 88.3 Å². The first kappa shape index (κ1) is 13.2. The molecule has 2 rings (SSSR count). The largest absolute Gasteiger partial charge is 0.497 e. The number of ether oxygens (including phenoxy) is 1. The minimum atomic E-state index is -3.90. The molecule has 0 saturated heterocycles. The molecule has 0 aliphatic rings. The van der Waals surface area contributed by atoms with Crippen molar-refractivity contribution in [1.82, 2.24) is 4.98 Å². The van der Waals surface area contributed by atoms with Gasteiger partial charge in [-0.2, -0.15) is 0 Å². The van der Waals surface area contributed by atoms with E-state index in [-0.39, 0.29) is 4.90 Å². The highest BCUT2D eigenvalue weighted by Crippen LogP contribution is 2.17. The zero-order valence-corrected chi connectivity index (χ0v) is 10.9. The number of anilines is 1. The minimum absolute atomic E-state index is 0.328. The van der Waals surface area contributed by atoms with Gasteiger partial charge in [0.15, 0.2) is 4.90 Å². The summed E-state index contributed by atoms with van der Waals surface area (Å²) in [5.41, 5.74) is -0.219. The summed E-state index contributed by atoms with van der Waals surface area (Å²) in [4.78, 5) is 13.7. The fraction of sp³-hybridized carbons (Fsp3) is 0.0833. The van der Waals surface area contributed by atoms with E-state index in [1.54, 1.807) is 24.3 Å². The molecular formula is C12H12N2O4S. The number of hydrogen-bond acceptors (Lipinski definition) is 4. The molecule has 0 atom stereocenters. The van der Waals surface area contributed by atoms with Gasteiger partial charge in [-0.3, -0.25) is 9.52 Å². The van der Waals surface area contributed by atoms with Crippen molar-refractivity contribution < 1.29 is 13.2 Å². The van der Waals surface area contributed by atoms with E-state index in [2.05, 4.69) is 9.71 Å². The number of H-pyrrole nitrogens is 1. The lowest BCUT2D eigenvalue weighted by Crippen LogP contribution is -2.20. The molecule has 19 heavy (non-hydrogen) atoms. The Morgan fingerprint density at radius 1 is 1.16 bits per heavy atom. The zero-order chi connectivity index (χ0) is 13.9. The van der Waals surface area contributed by atoms with Crippen molar-refractivity contribution in [1.29, 1.82) is 0 Å². The van der Waals surface area contributed by atoms with Crippen molar-refractivity contribution in [2.75, 3.05) is 11.8 Å². The third-order valence-corrected chi connectivity index (χ3v) is 3.82. The van der Waals surface area contributed by atoms with Crippen molar-refractivity contribution in [2.45, 2.75) is 4.90 Å². The standard InChI is InChI=1S/C12H12N2O4S/c1-18-10-4-2-9(3-5-10)14-19(16,17)12-8-13-7-6-11(12)15/h2-8,14H,1H3,(H,13,15). The SMILES string of the molecule is COc1ccc(NS(=O)(=O)c2c[nH]ccc2=O)cc1. The molecule has 0 spiro atoms. The predicted octanol–water partition coefficient (Wildman–Crippen LogP) is 1.18. The van der Waals surface area contributed by atoms with Gasteiger partial charge in [-0.1, -0.05) is 0 Å². The van der Waals surface area contributed by atoms with Crippen LogP contribution < -0.4 is 14.9 Å². The van der Waals surface area contributed by atoms with Gasteiger partial charge in [0.1, 0.15) is 5.75 Å². The van der Waals surface area contributed by atoms with Crippen LogP contribution in [-0.2, 0) is 10.0 Å². The van der Waals surface area contributed by atoms with Crippen LogP contribution >= 0.6 is 0 Å². The maximum Gasteiger partial charge on any atom is 0.267 e. The number of hydrogen-bond donors (Lipinski definition) is 2. The van der Waals surface area contributed by atoms with Gasteiger partial charge < -0.3 is 9.72 Å². The van der Waals surface area contributed by atoms with E-state index in [0.29, 0.717) is 11.4 Å². The number of methoxy groups -OCH3 is 1. The van der Waals surface area contributed by atoms with E-state index in [0.717, 1.165) is 12.3 Å². The summed E-state index contributed by atoms with van der Waals surface area (Å²) in [5.74, 6) is 0.612. The number of rotatable bonds is 4. The van der Waals surface area contributed by atoms with Gasteiger partial charge in [0.05, 0.1) is 7.11 Å². The third-order valence-electron chi connectivity index (χ3n) is 2.42. The Hall–Kier alpha value is -2.28. The molecule has 0 bridgehead atoms. The van der Waals surface area contributed by atoms with E-state index in [1.165, 1.54) is 13.3 Å². The summed E-state index contributed by atoms with van der Waals surface area (Å²) < 4.78 is 31.3. The Labute approximate surface area is 110 Å². The van der Waals surface area contributed by atoms with Crippen molar-refractivity contribution in [3.63, 3.8) is 0 Å².